The minimum absolute atomic E-state index is 0.0516. The number of rotatable bonds is 4. The summed E-state index contributed by atoms with van der Waals surface area (Å²) < 4.78 is 36.9. The third-order valence-electron chi connectivity index (χ3n) is 3.77. The van der Waals surface area contributed by atoms with E-state index in [9.17, 15) is 12.8 Å². The average Bonchev–Trinajstić information content (AvgIpc) is 2.34. The molecule has 0 saturated carbocycles. The number of likely N-dealkylation sites (N-methyl/N-ethyl adjacent to an activating group) is 1. The maximum atomic E-state index is 13.3. The van der Waals surface area contributed by atoms with Gasteiger partial charge in [-0.3, -0.25) is 0 Å². The van der Waals surface area contributed by atoms with Crippen LogP contribution in [0.15, 0.2) is 24.3 Å². The molecule has 2 rings (SSSR count). The lowest BCUT2D eigenvalue weighted by Crippen LogP contribution is -2.33. The first kappa shape index (κ1) is 14.5. The third-order valence-corrected chi connectivity index (χ3v) is 5.61. The first-order valence-corrected chi connectivity index (χ1v) is 8.44. The lowest BCUT2D eigenvalue weighted by molar-refractivity contribution is 0.397. The van der Waals surface area contributed by atoms with Crippen molar-refractivity contribution in [2.45, 2.75) is 18.8 Å². The van der Waals surface area contributed by atoms with Crippen LogP contribution in [0, 0.1) is 11.7 Å². The van der Waals surface area contributed by atoms with Gasteiger partial charge in [-0.25, -0.2) is 12.8 Å². The zero-order chi connectivity index (χ0) is 13.9. The zero-order valence-electron chi connectivity index (χ0n) is 11.1. The molecular formula is C14H20FNO2S. The Hall–Kier alpha value is -0.940. The highest BCUT2D eigenvalue weighted by Gasteiger charge is 2.31. The Morgan fingerprint density at radius 3 is 2.89 bits per heavy atom. The monoisotopic (exact) mass is 285 g/mol. The molecule has 1 saturated heterocycles. The normalized spacial score (nSPS) is 24.0. The molecule has 19 heavy (non-hydrogen) atoms. The summed E-state index contributed by atoms with van der Waals surface area (Å²) >= 11 is 0. The summed E-state index contributed by atoms with van der Waals surface area (Å²) in [6.07, 6.45) is 1.60. The van der Waals surface area contributed by atoms with E-state index in [1.54, 1.807) is 6.07 Å². The minimum atomic E-state index is -2.93. The highest BCUT2D eigenvalue weighted by atomic mass is 32.2. The van der Waals surface area contributed by atoms with E-state index >= 15 is 0 Å². The predicted molar refractivity (Wildman–Crippen MR) is 74.4 cm³/mol. The summed E-state index contributed by atoms with van der Waals surface area (Å²) in [7, 11) is -1.10. The Balaban J connectivity index is 2.24. The largest absolute Gasteiger partial charge is 0.319 e. The first-order valence-electron chi connectivity index (χ1n) is 6.62. The summed E-state index contributed by atoms with van der Waals surface area (Å²) in [6.45, 7) is 0.670. The van der Waals surface area contributed by atoms with Crippen molar-refractivity contribution in [3.8, 4) is 0 Å². The fraction of sp³-hybridized carbons (Fsp3) is 0.571. The van der Waals surface area contributed by atoms with Crippen LogP contribution >= 0.6 is 0 Å². The molecule has 1 heterocycles. The summed E-state index contributed by atoms with van der Waals surface area (Å²) in [6, 6.07) is 6.50. The molecule has 0 radical (unpaired) electrons. The molecule has 1 aromatic rings. The molecule has 1 aromatic carbocycles. The van der Waals surface area contributed by atoms with E-state index in [0.29, 0.717) is 18.7 Å². The van der Waals surface area contributed by atoms with Gasteiger partial charge in [0.25, 0.3) is 0 Å². The molecule has 1 aliphatic rings. The van der Waals surface area contributed by atoms with E-state index in [1.807, 2.05) is 13.1 Å². The highest BCUT2D eigenvalue weighted by Crippen LogP contribution is 2.32. The molecule has 0 bridgehead atoms. The molecule has 0 spiro atoms. The summed E-state index contributed by atoms with van der Waals surface area (Å²) in [5.41, 5.74) is 0.886. The molecule has 0 amide bonds. The van der Waals surface area contributed by atoms with Gasteiger partial charge in [0.1, 0.15) is 5.82 Å². The number of hydrogen-bond donors (Lipinski definition) is 1. The van der Waals surface area contributed by atoms with Crippen molar-refractivity contribution in [2.75, 3.05) is 25.1 Å². The van der Waals surface area contributed by atoms with Crippen LogP contribution in [0.4, 0.5) is 4.39 Å². The van der Waals surface area contributed by atoms with Crippen molar-refractivity contribution in [1.82, 2.24) is 5.32 Å². The van der Waals surface area contributed by atoms with E-state index in [1.165, 1.54) is 12.1 Å². The predicted octanol–water partition coefficient (Wildman–Crippen LogP) is 1.95. The minimum Gasteiger partial charge on any atom is -0.319 e. The van der Waals surface area contributed by atoms with Crippen LogP contribution in [-0.4, -0.2) is 33.5 Å². The van der Waals surface area contributed by atoms with Crippen LogP contribution in [0.2, 0.25) is 0 Å². The molecular weight excluding hydrogens is 265 g/mol. The third kappa shape index (κ3) is 3.76. The standard InChI is InChI=1S/C14H20FNO2S/c1-16-9-14(11-4-2-6-13(15)8-11)12-5-3-7-19(17,18)10-12/h2,4,6,8,12,14,16H,3,5,7,9-10H2,1H3. The van der Waals surface area contributed by atoms with Gasteiger partial charge in [0, 0.05) is 12.5 Å². The number of sulfone groups is 1. The van der Waals surface area contributed by atoms with Gasteiger partial charge in [0.2, 0.25) is 0 Å². The van der Waals surface area contributed by atoms with Crippen molar-refractivity contribution in [2.24, 2.45) is 5.92 Å². The number of halogens is 1. The van der Waals surface area contributed by atoms with Crippen molar-refractivity contribution in [1.29, 1.82) is 0 Å². The van der Waals surface area contributed by atoms with Crippen LogP contribution in [0.3, 0.4) is 0 Å². The van der Waals surface area contributed by atoms with Crippen molar-refractivity contribution in [3.05, 3.63) is 35.6 Å². The molecule has 0 aliphatic carbocycles. The molecule has 2 atom stereocenters. The highest BCUT2D eigenvalue weighted by molar-refractivity contribution is 7.91. The molecule has 1 fully saturated rings. The van der Waals surface area contributed by atoms with Crippen LogP contribution in [-0.2, 0) is 9.84 Å². The number of benzene rings is 1. The quantitative estimate of drug-likeness (QED) is 0.920. The van der Waals surface area contributed by atoms with Gasteiger partial charge in [-0.2, -0.15) is 0 Å². The average molecular weight is 285 g/mol. The maximum absolute atomic E-state index is 13.3. The van der Waals surface area contributed by atoms with Crippen molar-refractivity contribution >= 4 is 9.84 Å². The fourth-order valence-electron chi connectivity index (χ4n) is 2.89. The van der Waals surface area contributed by atoms with E-state index in [0.717, 1.165) is 12.0 Å². The van der Waals surface area contributed by atoms with Gasteiger partial charge < -0.3 is 5.32 Å². The maximum Gasteiger partial charge on any atom is 0.150 e. The van der Waals surface area contributed by atoms with E-state index < -0.39 is 9.84 Å². The Morgan fingerprint density at radius 1 is 1.47 bits per heavy atom. The van der Waals surface area contributed by atoms with Crippen LogP contribution in [0.5, 0.6) is 0 Å². The topological polar surface area (TPSA) is 46.2 Å². The molecule has 106 valence electrons. The Labute approximate surface area is 114 Å². The van der Waals surface area contributed by atoms with Gasteiger partial charge in [0.05, 0.1) is 11.5 Å². The van der Waals surface area contributed by atoms with Crippen LogP contribution in [0.25, 0.3) is 0 Å². The summed E-state index contributed by atoms with van der Waals surface area (Å²) in [5.74, 6) is 0.371. The molecule has 1 aliphatic heterocycles. The number of nitrogens with one attached hydrogen (secondary N) is 1. The molecule has 3 nitrogen and oxygen atoms in total. The molecule has 1 N–H and O–H groups in total. The molecule has 0 aromatic heterocycles. The van der Waals surface area contributed by atoms with Gasteiger partial charge in [-0.05, 0) is 43.5 Å². The van der Waals surface area contributed by atoms with E-state index in [-0.39, 0.29) is 23.4 Å². The summed E-state index contributed by atoms with van der Waals surface area (Å²) in [4.78, 5) is 0. The molecule has 5 heteroatoms. The summed E-state index contributed by atoms with van der Waals surface area (Å²) in [5, 5.41) is 3.09. The Bertz CT molecular complexity index is 530. The van der Waals surface area contributed by atoms with Crippen LogP contribution in [0.1, 0.15) is 24.3 Å². The smallest absolute Gasteiger partial charge is 0.150 e. The second-order valence-electron chi connectivity index (χ2n) is 5.24. The second-order valence-corrected chi connectivity index (χ2v) is 7.46. The zero-order valence-corrected chi connectivity index (χ0v) is 11.9. The number of hydrogen-bond acceptors (Lipinski definition) is 3. The second kappa shape index (κ2) is 6.01. The lowest BCUT2D eigenvalue weighted by Gasteiger charge is -2.30. The van der Waals surface area contributed by atoms with Crippen molar-refractivity contribution < 1.29 is 12.8 Å². The van der Waals surface area contributed by atoms with E-state index in [2.05, 4.69) is 5.32 Å². The van der Waals surface area contributed by atoms with Gasteiger partial charge in [0.15, 0.2) is 9.84 Å². The Kier molecular flexibility index (Phi) is 4.58. The van der Waals surface area contributed by atoms with Crippen molar-refractivity contribution in [3.63, 3.8) is 0 Å². The van der Waals surface area contributed by atoms with Gasteiger partial charge in [-0.15, -0.1) is 0 Å². The molecule has 2 unspecified atom stereocenters. The van der Waals surface area contributed by atoms with Gasteiger partial charge >= 0.3 is 0 Å². The Morgan fingerprint density at radius 2 is 2.26 bits per heavy atom. The van der Waals surface area contributed by atoms with E-state index in [4.69, 9.17) is 0 Å². The van der Waals surface area contributed by atoms with Crippen LogP contribution < -0.4 is 5.32 Å². The fourth-order valence-corrected chi connectivity index (χ4v) is 4.71. The SMILES string of the molecule is CNCC(c1cccc(F)c1)C1CCCS(=O)(=O)C1. The first-order chi connectivity index (χ1) is 9.02. The lowest BCUT2D eigenvalue weighted by atomic mass is 9.84. The van der Waals surface area contributed by atoms with Gasteiger partial charge in [-0.1, -0.05) is 12.1 Å².